The molecule has 0 bridgehead atoms. The lowest BCUT2D eigenvalue weighted by atomic mass is 10.1. The molecule has 0 aliphatic carbocycles. The van der Waals surface area contributed by atoms with Crippen molar-refractivity contribution in [1.29, 1.82) is 0 Å². The first-order chi connectivity index (χ1) is 14.3. The lowest BCUT2D eigenvalue weighted by Crippen LogP contribution is -2.52. The molecule has 0 saturated carbocycles. The van der Waals surface area contributed by atoms with Crippen molar-refractivity contribution in [1.82, 2.24) is 14.9 Å². The van der Waals surface area contributed by atoms with Crippen LogP contribution >= 0.6 is 0 Å². The number of hydrogen-bond acceptors (Lipinski definition) is 7. The molecule has 7 nitrogen and oxygen atoms in total. The molecule has 0 radical (unpaired) electrons. The number of ether oxygens (including phenoxy) is 1. The molecule has 4 rings (SSSR count). The van der Waals surface area contributed by atoms with Gasteiger partial charge in [0.05, 0.1) is 13.1 Å². The van der Waals surface area contributed by atoms with Gasteiger partial charge in [0.15, 0.2) is 0 Å². The van der Waals surface area contributed by atoms with Gasteiger partial charge < -0.3 is 14.5 Å². The van der Waals surface area contributed by atoms with Crippen LogP contribution in [0.15, 0.2) is 54.9 Å². The molecule has 154 valence electrons. The number of piperidine rings is 1. The second kappa shape index (κ2) is 9.71. The number of nitrogens with zero attached hydrogens (tertiary/aromatic N) is 4. The molecule has 7 heteroatoms. The Balaban J connectivity index is 1.36. The van der Waals surface area contributed by atoms with Gasteiger partial charge in [-0.15, -0.1) is 5.06 Å². The van der Waals surface area contributed by atoms with Crippen LogP contribution in [0.25, 0.3) is 0 Å². The van der Waals surface area contributed by atoms with E-state index in [2.05, 4.69) is 14.8 Å². The molecule has 1 aromatic heterocycles. The molecular formula is C22H28N4O3. The van der Waals surface area contributed by atoms with E-state index in [4.69, 9.17) is 9.57 Å². The maximum absolute atomic E-state index is 13.0. The largest absolute Gasteiger partial charge is 0.464 e. The Hall–Kier alpha value is -2.64. The second-order valence-corrected chi connectivity index (χ2v) is 7.41. The minimum atomic E-state index is -0.712. The fourth-order valence-electron chi connectivity index (χ4n) is 3.82. The number of likely N-dealkylation sites (tertiary alicyclic amines) is 1. The van der Waals surface area contributed by atoms with E-state index < -0.39 is 6.23 Å². The van der Waals surface area contributed by atoms with Crippen molar-refractivity contribution in [3.63, 3.8) is 0 Å². The highest BCUT2D eigenvalue weighted by Gasteiger charge is 2.33. The molecule has 1 aromatic carbocycles. The maximum Gasteiger partial charge on any atom is 0.382 e. The molecule has 0 amide bonds. The molecule has 1 unspecified atom stereocenters. The van der Waals surface area contributed by atoms with Crippen LogP contribution in [-0.4, -0.2) is 66.4 Å². The number of aromatic nitrogens is 1. The molecule has 1 atom stereocenters. The molecule has 29 heavy (non-hydrogen) atoms. The average Bonchev–Trinajstić information content (AvgIpc) is 2.80. The normalized spacial score (nSPS) is 19.5. The van der Waals surface area contributed by atoms with Crippen molar-refractivity contribution in [2.24, 2.45) is 0 Å². The number of anilines is 1. The first-order valence-electron chi connectivity index (χ1n) is 10.4. The Morgan fingerprint density at radius 2 is 1.55 bits per heavy atom. The summed E-state index contributed by atoms with van der Waals surface area (Å²) in [6, 6.07) is 13.5. The van der Waals surface area contributed by atoms with E-state index in [0.717, 1.165) is 44.7 Å². The van der Waals surface area contributed by atoms with Crippen LogP contribution in [0.1, 0.15) is 19.3 Å². The molecule has 0 N–H and O–H groups in total. The monoisotopic (exact) mass is 396 g/mol. The molecule has 3 heterocycles. The molecule has 2 aliphatic heterocycles. The average molecular weight is 396 g/mol. The quantitative estimate of drug-likeness (QED) is 0.744. The number of hydroxylamine groups is 2. The third-order valence-corrected chi connectivity index (χ3v) is 5.40. The van der Waals surface area contributed by atoms with Crippen LogP contribution in [0.5, 0.6) is 5.75 Å². The number of rotatable bonds is 6. The van der Waals surface area contributed by atoms with Crippen molar-refractivity contribution in [2.45, 2.75) is 25.5 Å². The van der Waals surface area contributed by atoms with Crippen LogP contribution in [0.2, 0.25) is 0 Å². The highest BCUT2D eigenvalue weighted by Crippen LogP contribution is 2.20. The zero-order valence-electron chi connectivity index (χ0n) is 16.7. The Kier molecular flexibility index (Phi) is 6.59. The first-order valence-corrected chi connectivity index (χ1v) is 10.4. The van der Waals surface area contributed by atoms with E-state index in [1.54, 1.807) is 17.5 Å². The van der Waals surface area contributed by atoms with E-state index in [1.165, 1.54) is 6.42 Å². The molecule has 2 aliphatic rings. The smallest absolute Gasteiger partial charge is 0.382 e. The SMILES string of the molecule is O=C(ON1CCN(c2ccncc2)CC1)C(Oc1ccccc1)N1CCCCC1. The number of para-hydroxylation sites is 1. The molecule has 2 aromatic rings. The van der Waals surface area contributed by atoms with Crippen molar-refractivity contribution in [3.8, 4) is 5.75 Å². The number of hydrogen-bond donors (Lipinski definition) is 0. The summed E-state index contributed by atoms with van der Waals surface area (Å²) in [5.41, 5.74) is 1.14. The predicted molar refractivity (Wildman–Crippen MR) is 110 cm³/mol. The van der Waals surface area contributed by atoms with Gasteiger partial charge in [-0.3, -0.25) is 9.88 Å². The van der Waals surface area contributed by atoms with Crippen LogP contribution in [-0.2, 0) is 9.63 Å². The Labute approximate surface area is 171 Å². The predicted octanol–water partition coefficient (Wildman–Crippen LogP) is 2.55. The van der Waals surface area contributed by atoms with Gasteiger partial charge in [-0.1, -0.05) is 24.6 Å². The van der Waals surface area contributed by atoms with E-state index in [-0.39, 0.29) is 5.97 Å². The molecule has 2 saturated heterocycles. The van der Waals surface area contributed by atoms with Gasteiger partial charge in [0.25, 0.3) is 6.23 Å². The second-order valence-electron chi connectivity index (χ2n) is 7.41. The lowest BCUT2D eigenvalue weighted by Gasteiger charge is -2.37. The summed E-state index contributed by atoms with van der Waals surface area (Å²) in [6.07, 6.45) is 6.23. The van der Waals surface area contributed by atoms with Gasteiger partial charge in [0.2, 0.25) is 0 Å². The van der Waals surface area contributed by atoms with Crippen LogP contribution in [0.4, 0.5) is 5.69 Å². The Bertz CT molecular complexity index is 760. The minimum absolute atomic E-state index is 0.340. The number of benzene rings is 1. The van der Waals surface area contributed by atoms with E-state index in [9.17, 15) is 4.79 Å². The Morgan fingerprint density at radius 3 is 2.24 bits per heavy atom. The number of carbonyl (C=O) groups is 1. The molecule has 2 fully saturated rings. The summed E-state index contributed by atoms with van der Waals surface area (Å²) < 4.78 is 6.06. The summed E-state index contributed by atoms with van der Waals surface area (Å²) in [4.78, 5) is 27.2. The van der Waals surface area contributed by atoms with Gasteiger partial charge in [0.1, 0.15) is 5.75 Å². The standard InChI is InChI=1S/C22H28N4O3/c27-22(29-26-17-15-24(16-18-26)19-9-11-23-12-10-19)21(25-13-5-2-6-14-25)28-20-7-3-1-4-8-20/h1,3-4,7-12,21H,2,5-6,13-18H2. The fourth-order valence-corrected chi connectivity index (χ4v) is 3.82. The van der Waals surface area contributed by atoms with Crippen molar-refractivity contribution >= 4 is 11.7 Å². The topological polar surface area (TPSA) is 58.1 Å². The van der Waals surface area contributed by atoms with Crippen molar-refractivity contribution < 1.29 is 14.4 Å². The van der Waals surface area contributed by atoms with Gasteiger partial charge in [-0.05, 0) is 37.1 Å². The summed E-state index contributed by atoms with van der Waals surface area (Å²) in [5, 5.41) is 1.76. The lowest BCUT2D eigenvalue weighted by molar-refractivity contribution is -0.208. The van der Waals surface area contributed by atoms with E-state index in [0.29, 0.717) is 18.8 Å². The molecule has 0 spiro atoms. The third kappa shape index (κ3) is 5.25. The van der Waals surface area contributed by atoms with Gasteiger partial charge in [-0.25, -0.2) is 4.79 Å². The summed E-state index contributed by atoms with van der Waals surface area (Å²) in [5.74, 6) is 0.343. The highest BCUT2D eigenvalue weighted by molar-refractivity contribution is 5.74. The minimum Gasteiger partial charge on any atom is -0.464 e. The fraction of sp³-hybridized carbons (Fsp3) is 0.455. The first kappa shape index (κ1) is 19.7. The van der Waals surface area contributed by atoms with E-state index >= 15 is 0 Å². The van der Waals surface area contributed by atoms with Crippen molar-refractivity contribution in [3.05, 3.63) is 54.9 Å². The van der Waals surface area contributed by atoms with Gasteiger partial charge >= 0.3 is 5.97 Å². The van der Waals surface area contributed by atoms with Crippen LogP contribution in [0, 0.1) is 0 Å². The van der Waals surface area contributed by atoms with Crippen LogP contribution in [0.3, 0.4) is 0 Å². The summed E-state index contributed by atoms with van der Waals surface area (Å²) in [6.45, 7) is 4.61. The number of piperazine rings is 1. The third-order valence-electron chi connectivity index (χ3n) is 5.40. The van der Waals surface area contributed by atoms with Gasteiger partial charge in [-0.2, -0.15) is 0 Å². The van der Waals surface area contributed by atoms with Crippen molar-refractivity contribution in [2.75, 3.05) is 44.2 Å². The number of pyridine rings is 1. The Morgan fingerprint density at radius 1 is 0.862 bits per heavy atom. The van der Waals surface area contributed by atoms with Crippen LogP contribution < -0.4 is 9.64 Å². The number of carbonyl (C=O) groups excluding carboxylic acids is 1. The van der Waals surface area contributed by atoms with E-state index in [1.807, 2.05) is 42.5 Å². The highest BCUT2D eigenvalue weighted by atomic mass is 16.7. The summed E-state index contributed by atoms with van der Waals surface area (Å²) in [7, 11) is 0. The zero-order chi connectivity index (χ0) is 19.9. The summed E-state index contributed by atoms with van der Waals surface area (Å²) >= 11 is 0. The van der Waals surface area contributed by atoms with Gasteiger partial charge in [0, 0.05) is 44.3 Å². The zero-order valence-corrected chi connectivity index (χ0v) is 16.7. The molecular weight excluding hydrogens is 368 g/mol. The maximum atomic E-state index is 13.0.